The maximum atomic E-state index is 11.3. The molecule has 0 radical (unpaired) electrons. The van der Waals surface area contributed by atoms with Crippen molar-refractivity contribution in [1.82, 2.24) is 0 Å². The molecule has 12 heavy (non-hydrogen) atoms. The Morgan fingerprint density at radius 3 is 2.83 bits per heavy atom. The highest BCUT2D eigenvalue weighted by atomic mass is 16.5. The molecule has 2 aliphatic rings. The third-order valence-electron chi connectivity index (χ3n) is 3.48. The van der Waals surface area contributed by atoms with Crippen molar-refractivity contribution >= 4 is 5.97 Å². The van der Waals surface area contributed by atoms with Gasteiger partial charge in [-0.2, -0.15) is 0 Å². The van der Waals surface area contributed by atoms with Gasteiger partial charge in [-0.3, -0.25) is 4.79 Å². The van der Waals surface area contributed by atoms with Crippen LogP contribution in [0.1, 0.15) is 32.1 Å². The van der Waals surface area contributed by atoms with E-state index in [0.29, 0.717) is 5.92 Å². The van der Waals surface area contributed by atoms with Gasteiger partial charge in [0.1, 0.15) is 0 Å². The molecule has 2 aliphatic carbocycles. The van der Waals surface area contributed by atoms with Gasteiger partial charge in [-0.25, -0.2) is 0 Å². The molecule has 0 N–H and O–H groups in total. The highest BCUT2D eigenvalue weighted by molar-refractivity contribution is 5.73. The second-order valence-electron chi connectivity index (χ2n) is 4.16. The molecule has 0 aliphatic heterocycles. The Labute approximate surface area is 73.3 Å². The first-order valence-corrected chi connectivity index (χ1v) is 4.89. The Hall–Kier alpha value is -0.530. The molecule has 2 bridgehead atoms. The van der Waals surface area contributed by atoms with E-state index in [1.807, 2.05) is 0 Å². The van der Waals surface area contributed by atoms with Crippen molar-refractivity contribution in [2.75, 3.05) is 7.11 Å². The normalized spacial score (nSPS) is 39.6. The standard InChI is InChI=1S/C10H16O2/c1-12-10(11)9-6-7-3-2-4-8(9)5-7/h7-9H,2-6H2,1H3/t7-,8-,9+/m0/s1. The summed E-state index contributed by atoms with van der Waals surface area (Å²) < 4.78 is 4.80. The van der Waals surface area contributed by atoms with E-state index in [1.54, 1.807) is 0 Å². The molecule has 0 unspecified atom stereocenters. The highest BCUT2D eigenvalue weighted by Gasteiger charge is 2.41. The van der Waals surface area contributed by atoms with Crippen molar-refractivity contribution in [2.24, 2.45) is 17.8 Å². The van der Waals surface area contributed by atoms with Crippen LogP contribution < -0.4 is 0 Å². The number of fused-ring (bicyclic) bond motifs is 2. The predicted molar refractivity (Wildman–Crippen MR) is 45.6 cm³/mol. The van der Waals surface area contributed by atoms with Crippen molar-refractivity contribution in [3.63, 3.8) is 0 Å². The average molecular weight is 168 g/mol. The van der Waals surface area contributed by atoms with E-state index in [1.165, 1.54) is 32.8 Å². The van der Waals surface area contributed by atoms with Crippen molar-refractivity contribution in [1.29, 1.82) is 0 Å². The Balaban J connectivity index is 2.04. The maximum absolute atomic E-state index is 11.3. The summed E-state index contributed by atoms with van der Waals surface area (Å²) in [5.74, 6) is 1.75. The molecule has 2 nitrogen and oxygen atoms in total. The number of ether oxygens (including phenoxy) is 1. The van der Waals surface area contributed by atoms with Gasteiger partial charge in [-0.05, 0) is 31.1 Å². The van der Waals surface area contributed by atoms with Gasteiger partial charge in [0, 0.05) is 0 Å². The molecular weight excluding hydrogens is 152 g/mol. The first-order chi connectivity index (χ1) is 5.81. The second kappa shape index (κ2) is 3.08. The molecule has 0 aromatic heterocycles. The molecule has 0 spiro atoms. The Bertz CT molecular complexity index is 188. The summed E-state index contributed by atoms with van der Waals surface area (Å²) in [5.41, 5.74) is 0. The van der Waals surface area contributed by atoms with Crippen LogP contribution in [0.25, 0.3) is 0 Å². The van der Waals surface area contributed by atoms with Crippen LogP contribution in [-0.2, 0) is 9.53 Å². The Kier molecular flexibility index (Phi) is 2.07. The fourth-order valence-electron chi connectivity index (χ4n) is 2.90. The SMILES string of the molecule is COC(=O)[C@@H]1C[C@H]2CCC[C@H]1C2. The van der Waals surface area contributed by atoms with E-state index in [4.69, 9.17) is 4.74 Å². The summed E-state index contributed by atoms with van der Waals surface area (Å²) in [4.78, 5) is 11.3. The molecule has 0 aromatic rings. The summed E-state index contributed by atoms with van der Waals surface area (Å²) in [6, 6.07) is 0. The highest BCUT2D eigenvalue weighted by Crippen LogP contribution is 2.46. The van der Waals surface area contributed by atoms with Crippen LogP contribution >= 0.6 is 0 Å². The summed E-state index contributed by atoms with van der Waals surface area (Å²) in [5, 5.41) is 0. The van der Waals surface area contributed by atoms with Crippen molar-refractivity contribution in [2.45, 2.75) is 32.1 Å². The number of methoxy groups -OCH3 is 1. The van der Waals surface area contributed by atoms with E-state index >= 15 is 0 Å². The maximum Gasteiger partial charge on any atom is 0.308 e. The van der Waals surface area contributed by atoms with Crippen LogP contribution in [0.3, 0.4) is 0 Å². The molecule has 2 rings (SSSR count). The van der Waals surface area contributed by atoms with Gasteiger partial charge in [0.05, 0.1) is 13.0 Å². The zero-order chi connectivity index (χ0) is 8.55. The Morgan fingerprint density at radius 2 is 2.17 bits per heavy atom. The van der Waals surface area contributed by atoms with E-state index in [2.05, 4.69) is 0 Å². The first-order valence-electron chi connectivity index (χ1n) is 4.89. The molecule has 2 fully saturated rings. The number of hydrogen-bond acceptors (Lipinski definition) is 2. The molecule has 0 amide bonds. The van der Waals surface area contributed by atoms with Gasteiger partial charge in [0.25, 0.3) is 0 Å². The predicted octanol–water partition coefficient (Wildman–Crippen LogP) is 1.99. The number of carbonyl (C=O) groups is 1. The number of carbonyl (C=O) groups excluding carboxylic acids is 1. The van der Waals surface area contributed by atoms with Crippen molar-refractivity contribution in [3.05, 3.63) is 0 Å². The lowest BCUT2D eigenvalue weighted by Crippen LogP contribution is -2.19. The molecule has 0 saturated heterocycles. The number of rotatable bonds is 1. The van der Waals surface area contributed by atoms with Gasteiger partial charge in [-0.15, -0.1) is 0 Å². The third-order valence-corrected chi connectivity index (χ3v) is 3.48. The zero-order valence-electron chi connectivity index (χ0n) is 7.58. The quantitative estimate of drug-likeness (QED) is 0.560. The van der Waals surface area contributed by atoms with E-state index in [0.717, 1.165) is 12.3 Å². The summed E-state index contributed by atoms with van der Waals surface area (Å²) >= 11 is 0. The van der Waals surface area contributed by atoms with Crippen LogP contribution in [0.15, 0.2) is 0 Å². The van der Waals surface area contributed by atoms with E-state index < -0.39 is 0 Å². The molecular formula is C10H16O2. The minimum atomic E-state index is 0.0319. The summed E-state index contributed by atoms with van der Waals surface area (Å²) in [7, 11) is 1.50. The lowest BCUT2D eigenvalue weighted by atomic mass is 9.87. The van der Waals surface area contributed by atoms with E-state index in [9.17, 15) is 4.79 Å². The molecule has 2 saturated carbocycles. The lowest BCUT2D eigenvalue weighted by molar-refractivity contribution is -0.146. The minimum absolute atomic E-state index is 0.0319. The molecule has 3 atom stereocenters. The van der Waals surface area contributed by atoms with Crippen LogP contribution in [0.4, 0.5) is 0 Å². The number of hydrogen-bond donors (Lipinski definition) is 0. The minimum Gasteiger partial charge on any atom is -0.469 e. The van der Waals surface area contributed by atoms with Gasteiger partial charge < -0.3 is 4.74 Å². The van der Waals surface area contributed by atoms with Crippen LogP contribution in [0.5, 0.6) is 0 Å². The fraction of sp³-hybridized carbons (Fsp3) is 0.900. The fourth-order valence-corrected chi connectivity index (χ4v) is 2.90. The number of esters is 1. The van der Waals surface area contributed by atoms with Crippen molar-refractivity contribution < 1.29 is 9.53 Å². The first kappa shape index (κ1) is 8.09. The third kappa shape index (κ3) is 1.23. The molecule has 2 heteroatoms. The van der Waals surface area contributed by atoms with Crippen LogP contribution in [0, 0.1) is 17.8 Å². The molecule has 68 valence electrons. The van der Waals surface area contributed by atoms with Crippen molar-refractivity contribution in [3.8, 4) is 0 Å². The topological polar surface area (TPSA) is 26.3 Å². The average Bonchev–Trinajstić information content (AvgIpc) is 2.40. The summed E-state index contributed by atoms with van der Waals surface area (Å²) in [6.07, 6.45) is 6.28. The molecule has 0 heterocycles. The monoisotopic (exact) mass is 168 g/mol. The largest absolute Gasteiger partial charge is 0.469 e. The second-order valence-corrected chi connectivity index (χ2v) is 4.16. The summed E-state index contributed by atoms with van der Waals surface area (Å²) in [6.45, 7) is 0. The van der Waals surface area contributed by atoms with Gasteiger partial charge >= 0.3 is 5.97 Å². The van der Waals surface area contributed by atoms with Crippen LogP contribution in [-0.4, -0.2) is 13.1 Å². The lowest BCUT2D eigenvalue weighted by Gasteiger charge is -2.19. The van der Waals surface area contributed by atoms with Gasteiger partial charge in [-0.1, -0.05) is 12.8 Å². The Morgan fingerprint density at radius 1 is 1.33 bits per heavy atom. The van der Waals surface area contributed by atoms with Gasteiger partial charge in [0.15, 0.2) is 0 Å². The van der Waals surface area contributed by atoms with Gasteiger partial charge in [0.2, 0.25) is 0 Å². The molecule has 0 aromatic carbocycles. The van der Waals surface area contributed by atoms with Crippen LogP contribution in [0.2, 0.25) is 0 Å². The van der Waals surface area contributed by atoms with E-state index in [-0.39, 0.29) is 11.9 Å². The smallest absolute Gasteiger partial charge is 0.308 e. The zero-order valence-corrected chi connectivity index (χ0v) is 7.58.